The van der Waals surface area contributed by atoms with E-state index < -0.39 is 11.7 Å². The number of amides is 1. The van der Waals surface area contributed by atoms with Crippen LogP contribution in [0.4, 0.5) is 4.79 Å². The highest BCUT2D eigenvalue weighted by Gasteiger charge is 2.21. The summed E-state index contributed by atoms with van der Waals surface area (Å²) in [6, 6.07) is 5.43. The molecule has 0 unspecified atom stereocenters. The number of benzene rings is 1. The zero-order valence-electron chi connectivity index (χ0n) is 10.6. The second-order valence-corrected chi connectivity index (χ2v) is 5.17. The SMILES string of the molecule is CC(C)(CCc1ccc(CO)cc1Cl)OC(N)=O. The molecule has 0 aliphatic heterocycles. The summed E-state index contributed by atoms with van der Waals surface area (Å²) < 4.78 is 5.00. The Labute approximate surface area is 112 Å². The molecule has 0 aromatic heterocycles. The quantitative estimate of drug-likeness (QED) is 0.865. The number of primary amides is 1. The van der Waals surface area contributed by atoms with Gasteiger partial charge in [-0.25, -0.2) is 4.79 Å². The third kappa shape index (κ3) is 4.55. The lowest BCUT2D eigenvalue weighted by molar-refractivity contribution is 0.0394. The van der Waals surface area contributed by atoms with Gasteiger partial charge in [-0.15, -0.1) is 0 Å². The molecule has 18 heavy (non-hydrogen) atoms. The molecule has 0 saturated heterocycles. The first-order chi connectivity index (χ1) is 8.34. The van der Waals surface area contributed by atoms with Crippen LogP contribution in [-0.2, 0) is 17.8 Å². The average Bonchev–Trinajstić information content (AvgIpc) is 2.25. The molecule has 0 spiro atoms. The van der Waals surface area contributed by atoms with Crippen molar-refractivity contribution in [2.45, 2.75) is 38.9 Å². The van der Waals surface area contributed by atoms with Crippen LogP contribution in [0.1, 0.15) is 31.4 Å². The Bertz CT molecular complexity index is 432. The maximum atomic E-state index is 10.7. The third-order valence-electron chi connectivity index (χ3n) is 2.67. The lowest BCUT2D eigenvalue weighted by atomic mass is 9.98. The van der Waals surface area contributed by atoms with E-state index in [1.165, 1.54) is 0 Å². The summed E-state index contributed by atoms with van der Waals surface area (Å²) in [5.74, 6) is 0. The van der Waals surface area contributed by atoms with Gasteiger partial charge in [0.15, 0.2) is 0 Å². The fourth-order valence-electron chi connectivity index (χ4n) is 1.65. The summed E-state index contributed by atoms with van der Waals surface area (Å²) in [5.41, 5.74) is 6.11. The van der Waals surface area contributed by atoms with E-state index >= 15 is 0 Å². The highest BCUT2D eigenvalue weighted by molar-refractivity contribution is 6.31. The van der Waals surface area contributed by atoms with Crippen LogP contribution in [-0.4, -0.2) is 16.8 Å². The van der Waals surface area contributed by atoms with Crippen LogP contribution in [0.25, 0.3) is 0 Å². The van der Waals surface area contributed by atoms with Crippen LogP contribution < -0.4 is 5.73 Å². The number of hydrogen-bond donors (Lipinski definition) is 2. The van der Waals surface area contributed by atoms with E-state index in [1.54, 1.807) is 19.9 Å². The van der Waals surface area contributed by atoms with Crippen molar-refractivity contribution in [3.8, 4) is 0 Å². The van der Waals surface area contributed by atoms with Crippen LogP contribution in [0.2, 0.25) is 5.02 Å². The summed E-state index contributed by atoms with van der Waals surface area (Å²) in [7, 11) is 0. The van der Waals surface area contributed by atoms with Gasteiger partial charge >= 0.3 is 6.09 Å². The molecule has 1 aromatic carbocycles. The molecule has 0 aliphatic carbocycles. The summed E-state index contributed by atoms with van der Waals surface area (Å²) in [6.07, 6.45) is 0.514. The van der Waals surface area contributed by atoms with Gasteiger partial charge in [0.05, 0.1) is 6.61 Å². The molecule has 0 atom stereocenters. The smallest absolute Gasteiger partial charge is 0.405 e. The predicted molar refractivity (Wildman–Crippen MR) is 70.4 cm³/mol. The van der Waals surface area contributed by atoms with Gasteiger partial charge < -0.3 is 15.6 Å². The van der Waals surface area contributed by atoms with Crippen molar-refractivity contribution < 1.29 is 14.6 Å². The van der Waals surface area contributed by atoms with Crippen LogP contribution in [0.5, 0.6) is 0 Å². The molecule has 0 fully saturated rings. The Kier molecular flexibility index (Phi) is 4.99. The zero-order valence-corrected chi connectivity index (χ0v) is 11.3. The van der Waals surface area contributed by atoms with Crippen molar-refractivity contribution in [3.63, 3.8) is 0 Å². The van der Waals surface area contributed by atoms with E-state index in [0.29, 0.717) is 17.9 Å². The van der Waals surface area contributed by atoms with Gasteiger partial charge in [-0.05, 0) is 43.9 Å². The second kappa shape index (κ2) is 6.07. The first-order valence-electron chi connectivity index (χ1n) is 5.70. The van der Waals surface area contributed by atoms with E-state index in [2.05, 4.69) is 0 Å². The van der Waals surface area contributed by atoms with Gasteiger partial charge in [-0.2, -0.15) is 0 Å². The van der Waals surface area contributed by atoms with Crippen molar-refractivity contribution >= 4 is 17.7 Å². The van der Waals surface area contributed by atoms with Gasteiger partial charge in [-0.3, -0.25) is 0 Å². The molecular formula is C13H18ClNO3. The number of hydrogen-bond acceptors (Lipinski definition) is 3. The van der Waals surface area contributed by atoms with Crippen molar-refractivity contribution in [1.29, 1.82) is 0 Å². The first-order valence-corrected chi connectivity index (χ1v) is 6.08. The number of nitrogens with two attached hydrogens (primary N) is 1. The topological polar surface area (TPSA) is 72.6 Å². The molecule has 3 N–H and O–H groups in total. The number of aliphatic hydroxyl groups is 1. The Hall–Kier alpha value is -1.26. The molecule has 0 heterocycles. The number of carbonyl (C=O) groups excluding carboxylic acids is 1. The van der Waals surface area contributed by atoms with E-state index in [1.807, 2.05) is 12.1 Å². The minimum absolute atomic E-state index is 0.0315. The van der Waals surface area contributed by atoms with Gasteiger partial charge in [0.2, 0.25) is 0 Å². The molecule has 0 aliphatic rings. The molecule has 1 aromatic rings. The van der Waals surface area contributed by atoms with Crippen LogP contribution in [0, 0.1) is 0 Å². The number of halogens is 1. The number of rotatable bonds is 5. The lowest BCUT2D eigenvalue weighted by Gasteiger charge is -2.24. The number of aryl methyl sites for hydroxylation is 1. The van der Waals surface area contributed by atoms with Crippen LogP contribution in [0.3, 0.4) is 0 Å². The molecule has 0 bridgehead atoms. The van der Waals surface area contributed by atoms with Crippen molar-refractivity contribution in [1.82, 2.24) is 0 Å². The number of aliphatic hydroxyl groups excluding tert-OH is 1. The maximum absolute atomic E-state index is 10.7. The second-order valence-electron chi connectivity index (χ2n) is 4.76. The number of ether oxygens (including phenoxy) is 1. The van der Waals surface area contributed by atoms with E-state index in [0.717, 1.165) is 11.1 Å². The predicted octanol–water partition coefficient (Wildman–Crippen LogP) is 2.64. The van der Waals surface area contributed by atoms with Gasteiger partial charge in [-0.1, -0.05) is 23.7 Å². The summed E-state index contributed by atoms with van der Waals surface area (Å²) in [4.78, 5) is 10.7. The highest BCUT2D eigenvalue weighted by Crippen LogP contribution is 2.23. The minimum Gasteiger partial charge on any atom is -0.444 e. The van der Waals surface area contributed by atoms with Gasteiger partial charge in [0.25, 0.3) is 0 Å². The van der Waals surface area contributed by atoms with Crippen LogP contribution in [0.15, 0.2) is 18.2 Å². The Balaban J connectivity index is 2.66. The largest absolute Gasteiger partial charge is 0.444 e. The standard InChI is InChI=1S/C13H18ClNO3/c1-13(2,18-12(15)17)6-5-10-4-3-9(8-16)7-11(10)14/h3-4,7,16H,5-6,8H2,1-2H3,(H2,15,17). The third-order valence-corrected chi connectivity index (χ3v) is 3.03. The summed E-state index contributed by atoms with van der Waals surface area (Å²) in [6.45, 7) is 3.57. The molecule has 4 nitrogen and oxygen atoms in total. The molecule has 1 rings (SSSR count). The van der Waals surface area contributed by atoms with Gasteiger partial charge in [0.1, 0.15) is 5.60 Å². The molecule has 1 amide bonds. The van der Waals surface area contributed by atoms with E-state index in [-0.39, 0.29) is 6.61 Å². The molecular weight excluding hydrogens is 254 g/mol. The monoisotopic (exact) mass is 271 g/mol. The Morgan fingerprint density at radius 3 is 2.67 bits per heavy atom. The first kappa shape index (κ1) is 14.8. The van der Waals surface area contributed by atoms with Crippen molar-refractivity contribution in [3.05, 3.63) is 34.3 Å². The summed E-state index contributed by atoms with van der Waals surface area (Å²) in [5, 5.41) is 9.59. The minimum atomic E-state index is -0.776. The molecule has 5 heteroatoms. The zero-order chi connectivity index (χ0) is 13.8. The maximum Gasteiger partial charge on any atom is 0.405 e. The fraction of sp³-hybridized carbons (Fsp3) is 0.462. The van der Waals surface area contributed by atoms with E-state index in [4.69, 9.17) is 27.2 Å². The normalized spacial score (nSPS) is 11.3. The Morgan fingerprint density at radius 2 is 2.17 bits per heavy atom. The van der Waals surface area contributed by atoms with Crippen molar-refractivity contribution in [2.75, 3.05) is 0 Å². The molecule has 0 saturated carbocycles. The molecule has 100 valence electrons. The lowest BCUT2D eigenvalue weighted by Crippen LogP contribution is -2.31. The van der Waals surface area contributed by atoms with Gasteiger partial charge in [0, 0.05) is 5.02 Å². The van der Waals surface area contributed by atoms with Crippen molar-refractivity contribution in [2.24, 2.45) is 5.73 Å². The summed E-state index contributed by atoms with van der Waals surface area (Å²) >= 11 is 6.10. The van der Waals surface area contributed by atoms with E-state index in [9.17, 15) is 4.79 Å². The van der Waals surface area contributed by atoms with Crippen LogP contribution >= 0.6 is 11.6 Å². The fourth-order valence-corrected chi connectivity index (χ4v) is 1.95. The Morgan fingerprint density at radius 1 is 1.50 bits per heavy atom. The molecule has 0 radical (unpaired) electrons. The average molecular weight is 272 g/mol. The highest BCUT2D eigenvalue weighted by atomic mass is 35.5. The number of carbonyl (C=O) groups is 1.